The number of nitriles is 1. The Kier molecular flexibility index (Phi) is 5.08. The zero-order valence-electron chi connectivity index (χ0n) is 12.9. The molecular weight excluding hydrogens is 318 g/mol. The molecular formula is C14H15N5O3S. The fourth-order valence-electron chi connectivity index (χ4n) is 1.90. The second-order valence-electron chi connectivity index (χ2n) is 4.63. The van der Waals surface area contributed by atoms with Crippen LogP contribution in [0.2, 0.25) is 0 Å². The largest absolute Gasteiger partial charge is 0.462 e. The number of carbonyl (C=O) groups is 2. The maximum Gasteiger partial charge on any atom is 0.341 e. The minimum atomic E-state index is -0.461. The van der Waals surface area contributed by atoms with Crippen molar-refractivity contribution in [2.24, 2.45) is 0 Å². The Morgan fingerprint density at radius 2 is 2.22 bits per heavy atom. The summed E-state index contributed by atoms with van der Waals surface area (Å²) in [4.78, 5) is 28.8. The van der Waals surface area contributed by atoms with Gasteiger partial charge in [0, 0.05) is 4.88 Å². The van der Waals surface area contributed by atoms with Crippen molar-refractivity contribution >= 4 is 28.2 Å². The molecule has 0 fully saturated rings. The van der Waals surface area contributed by atoms with E-state index >= 15 is 0 Å². The van der Waals surface area contributed by atoms with Crippen molar-refractivity contribution in [2.45, 2.75) is 27.3 Å². The molecule has 0 radical (unpaired) electrons. The summed E-state index contributed by atoms with van der Waals surface area (Å²) in [7, 11) is 0. The van der Waals surface area contributed by atoms with Gasteiger partial charge < -0.3 is 10.1 Å². The topological polar surface area (TPSA) is 110 Å². The third-order valence-electron chi connectivity index (χ3n) is 3.06. The summed E-state index contributed by atoms with van der Waals surface area (Å²) in [5.74, 6) is -0.837. The third kappa shape index (κ3) is 3.73. The number of hydrogen-bond donors (Lipinski definition) is 1. The van der Waals surface area contributed by atoms with Crippen LogP contribution in [-0.4, -0.2) is 33.2 Å². The Balaban J connectivity index is 2.16. The van der Waals surface area contributed by atoms with Crippen LogP contribution in [-0.2, 0) is 16.1 Å². The molecule has 9 heteroatoms. The first-order valence-electron chi connectivity index (χ1n) is 6.82. The Bertz CT molecular complexity index is 787. The Morgan fingerprint density at radius 3 is 2.83 bits per heavy atom. The number of aromatic nitrogens is 3. The van der Waals surface area contributed by atoms with Gasteiger partial charge >= 0.3 is 5.97 Å². The molecule has 120 valence electrons. The molecule has 0 unspecified atom stereocenters. The van der Waals surface area contributed by atoms with Gasteiger partial charge in [-0.1, -0.05) is 0 Å². The average molecular weight is 333 g/mol. The number of carbonyl (C=O) groups excluding carboxylic acids is 2. The van der Waals surface area contributed by atoms with E-state index in [4.69, 9.17) is 10.00 Å². The van der Waals surface area contributed by atoms with Gasteiger partial charge in [-0.3, -0.25) is 4.79 Å². The first-order chi connectivity index (χ1) is 11.0. The molecule has 0 atom stereocenters. The summed E-state index contributed by atoms with van der Waals surface area (Å²) < 4.78 is 6.29. The Morgan fingerprint density at radius 1 is 1.48 bits per heavy atom. The van der Waals surface area contributed by atoms with Crippen LogP contribution in [0, 0.1) is 25.2 Å². The molecule has 1 amide bonds. The monoisotopic (exact) mass is 333 g/mol. The van der Waals surface area contributed by atoms with Gasteiger partial charge in [-0.15, -0.1) is 16.4 Å². The van der Waals surface area contributed by atoms with Crippen LogP contribution in [0.15, 0.2) is 6.33 Å². The van der Waals surface area contributed by atoms with Gasteiger partial charge in [0.2, 0.25) is 5.91 Å². The number of nitrogens with one attached hydrogen (secondary N) is 1. The summed E-state index contributed by atoms with van der Waals surface area (Å²) in [5, 5.41) is 15.6. The first kappa shape index (κ1) is 16.6. The SMILES string of the molecule is CCOC(=O)c1c(NC(=O)Cn2cnc(C#N)n2)sc(C)c1C. The standard InChI is InChI=1S/C14H15N5O3S/c1-4-22-14(21)12-8(2)9(3)23-13(12)17-11(20)6-19-7-16-10(5-15)18-19/h7H,4,6H2,1-3H3,(H,17,20). The molecule has 8 nitrogen and oxygen atoms in total. The number of ether oxygens (including phenoxy) is 1. The lowest BCUT2D eigenvalue weighted by Crippen LogP contribution is -2.20. The lowest BCUT2D eigenvalue weighted by atomic mass is 10.1. The normalized spacial score (nSPS) is 10.2. The first-order valence-corrected chi connectivity index (χ1v) is 7.64. The van der Waals surface area contributed by atoms with E-state index in [9.17, 15) is 9.59 Å². The van der Waals surface area contributed by atoms with Gasteiger partial charge in [-0.25, -0.2) is 14.5 Å². The summed E-state index contributed by atoms with van der Waals surface area (Å²) in [6.45, 7) is 5.56. The smallest absolute Gasteiger partial charge is 0.341 e. The zero-order chi connectivity index (χ0) is 17.0. The summed E-state index contributed by atoms with van der Waals surface area (Å²) in [6.07, 6.45) is 1.30. The highest BCUT2D eigenvalue weighted by molar-refractivity contribution is 7.16. The number of rotatable bonds is 5. The van der Waals surface area contributed by atoms with E-state index < -0.39 is 5.97 Å². The van der Waals surface area contributed by atoms with Crippen molar-refractivity contribution in [3.05, 3.63) is 28.2 Å². The van der Waals surface area contributed by atoms with E-state index in [-0.39, 0.29) is 24.9 Å². The summed E-state index contributed by atoms with van der Waals surface area (Å²) >= 11 is 1.31. The predicted molar refractivity (Wildman–Crippen MR) is 83.1 cm³/mol. The van der Waals surface area contributed by atoms with Crippen molar-refractivity contribution in [3.63, 3.8) is 0 Å². The number of esters is 1. The Hall–Kier alpha value is -2.73. The number of anilines is 1. The highest BCUT2D eigenvalue weighted by Crippen LogP contribution is 2.33. The van der Waals surface area contributed by atoms with Gasteiger partial charge in [0.05, 0.1) is 12.2 Å². The van der Waals surface area contributed by atoms with Crippen LogP contribution in [0.1, 0.15) is 33.5 Å². The molecule has 2 aromatic rings. The predicted octanol–water partition coefficient (Wildman–Crippen LogP) is 1.64. The molecule has 2 aromatic heterocycles. The molecule has 0 saturated heterocycles. The third-order valence-corrected chi connectivity index (χ3v) is 4.18. The van der Waals surface area contributed by atoms with Gasteiger partial charge in [0.25, 0.3) is 5.82 Å². The van der Waals surface area contributed by atoms with Gasteiger partial charge in [-0.05, 0) is 26.3 Å². The summed E-state index contributed by atoms with van der Waals surface area (Å²) in [5.41, 5.74) is 1.16. The van der Waals surface area contributed by atoms with Crippen LogP contribution in [0.5, 0.6) is 0 Å². The quantitative estimate of drug-likeness (QED) is 0.833. The van der Waals surface area contributed by atoms with Crippen LogP contribution in [0.25, 0.3) is 0 Å². The van der Waals surface area contributed by atoms with Crippen molar-refractivity contribution in [1.29, 1.82) is 5.26 Å². The fraction of sp³-hybridized carbons (Fsp3) is 0.357. The second kappa shape index (κ2) is 7.02. The van der Waals surface area contributed by atoms with E-state index in [0.717, 1.165) is 10.4 Å². The minimum Gasteiger partial charge on any atom is -0.462 e. The zero-order valence-corrected chi connectivity index (χ0v) is 13.7. The van der Waals surface area contributed by atoms with Crippen molar-refractivity contribution in [2.75, 3.05) is 11.9 Å². The van der Waals surface area contributed by atoms with E-state index in [2.05, 4.69) is 15.4 Å². The van der Waals surface area contributed by atoms with Crippen molar-refractivity contribution in [3.8, 4) is 6.07 Å². The minimum absolute atomic E-state index is 0.00664. The summed E-state index contributed by atoms with van der Waals surface area (Å²) in [6, 6.07) is 1.79. The molecule has 0 bridgehead atoms. The highest BCUT2D eigenvalue weighted by Gasteiger charge is 2.22. The van der Waals surface area contributed by atoms with E-state index in [1.165, 1.54) is 22.3 Å². The van der Waals surface area contributed by atoms with Crippen molar-refractivity contribution < 1.29 is 14.3 Å². The Labute approximate surface area is 136 Å². The molecule has 0 saturated carbocycles. The second-order valence-corrected chi connectivity index (χ2v) is 5.86. The van der Waals surface area contributed by atoms with E-state index in [1.807, 2.05) is 13.8 Å². The van der Waals surface area contributed by atoms with E-state index in [1.54, 1.807) is 13.0 Å². The maximum absolute atomic E-state index is 12.1. The number of hydrogen-bond acceptors (Lipinski definition) is 7. The van der Waals surface area contributed by atoms with Gasteiger partial charge in [0.15, 0.2) is 0 Å². The van der Waals surface area contributed by atoms with Crippen LogP contribution in [0.4, 0.5) is 5.00 Å². The number of thiophene rings is 1. The lowest BCUT2D eigenvalue weighted by molar-refractivity contribution is -0.116. The van der Waals surface area contributed by atoms with Gasteiger partial charge in [-0.2, -0.15) is 5.26 Å². The van der Waals surface area contributed by atoms with Gasteiger partial charge in [0.1, 0.15) is 23.9 Å². The maximum atomic E-state index is 12.1. The molecule has 0 aliphatic heterocycles. The highest BCUT2D eigenvalue weighted by atomic mass is 32.1. The van der Waals surface area contributed by atoms with E-state index in [0.29, 0.717) is 10.6 Å². The molecule has 2 heterocycles. The fourth-order valence-corrected chi connectivity index (χ4v) is 2.96. The molecule has 1 N–H and O–H groups in total. The molecule has 0 aliphatic rings. The van der Waals surface area contributed by atoms with Crippen LogP contribution in [0.3, 0.4) is 0 Å². The molecule has 2 rings (SSSR count). The number of aryl methyl sites for hydroxylation is 1. The average Bonchev–Trinajstić information content (AvgIpc) is 3.04. The number of nitrogens with zero attached hydrogens (tertiary/aromatic N) is 4. The molecule has 23 heavy (non-hydrogen) atoms. The molecule has 0 aliphatic carbocycles. The van der Waals surface area contributed by atoms with Crippen molar-refractivity contribution in [1.82, 2.24) is 14.8 Å². The van der Waals surface area contributed by atoms with Crippen LogP contribution >= 0.6 is 11.3 Å². The lowest BCUT2D eigenvalue weighted by Gasteiger charge is -2.07. The number of amides is 1. The molecule has 0 aromatic carbocycles. The molecule has 0 spiro atoms. The van der Waals surface area contributed by atoms with Crippen LogP contribution < -0.4 is 5.32 Å².